The van der Waals surface area contributed by atoms with Crippen molar-refractivity contribution in [1.82, 2.24) is 0 Å². The number of phenols is 1. The molecular weight excluding hydrogens is 252 g/mol. The third kappa shape index (κ3) is 2.78. The Kier molecular flexibility index (Phi) is 4.29. The van der Waals surface area contributed by atoms with Crippen molar-refractivity contribution in [3.05, 3.63) is 35.4 Å². The third-order valence-corrected chi connectivity index (χ3v) is 3.86. The molecule has 0 heterocycles. The summed E-state index contributed by atoms with van der Waals surface area (Å²) in [5.74, 6) is 0.728. The Morgan fingerprint density at radius 2 is 2.05 bits per heavy atom. The van der Waals surface area contributed by atoms with Crippen molar-refractivity contribution in [3.8, 4) is 5.75 Å². The van der Waals surface area contributed by atoms with Gasteiger partial charge in [-0.05, 0) is 29.9 Å². The monoisotopic (exact) mass is 274 g/mol. The fourth-order valence-electron chi connectivity index (χ4n) is 2.61. The molecule has 0 saturated heterocycles. The first kappa shape index (κ1) is 14.8. The number of hydrogen-bond acceptors (Lipinski definition) is 3. The molecule has 20 heavy (non-hydrogen) atoms. The lowest BCUT2D eigenvalue weighted by molar-refractivity contribution is -0.124. The summed E-state index contributed by atoms with van der Waals surface area (Å²) >= 11 is 0. The Hall–Kier alpha value is -1.61. The van der Waals surface area contributed by atoms with Gasteiger partial charge in [-0.25, -0.2) is 0 Å². The summed E-state index contributed by atoms with van der Waals surface area (Å²) in [6.45, 7) is 6.20. The minimum atomic E-state index is -0.408. The van der Waals surface area contributed by atoms with Gasteiger partial charge in [0.15, 0.2) is 5.78 Å². The Balaban J connectivity index is 2.42. The zero-order valence-electron chi connectivity index (χ0n) is 12.5. The highest BCUT2D eigenvalue weighted by Crippen LogP contribution is 2.34. The molecule has 1 N–H and O–H groups in total. The highest BCUT2D eigenvalue weighted by Gasteiger charge is 2.30. The van der Waals surface area contributed by atoms with E-state index in [4.69, 9.17) is 4.74 Å². The predicted octanol–water partition coefficient (Wildman–Crippen LogP) is 3.52. The summed E-state index contributed by atoms with van der Waals surface area (Å²) in [7, 11) is 1.56. The van der Waals surface area contributed by atoms with Crippen LogP contribution < -0.4 is 0 Å². The van der Waals surface area contributed by atoms with E-state index in [1.807, 2.05) is 18.2 Å². The van der Waals surface area contributed by atoms with Gasteiger partial charge in [0.05, 0.1) is 0 Å². The maximum atomic E-state index is 12.4. The summed E-state index contributed by atoms with van der Waals surface area (Å²) in [6.07, 6.45) is 2.22. The minimum absolute atomic E-state index is 0.0433. The number of methoxy groups -OCH3 is 1. The van der Waals surface area contributed by atoms with E-state index in [0.29, 0.717) is 23.5 Å². The quantitative estimate of drug-likeness (QED) is 0.917. The van der Waals surface area contributed by atoms with Gasteiger partial charge in [-0.1, -0.05) is 39.0 Å². The molecule has 0 aromatic heterocycles. The van der Waals surface area contributed by atoms with Crippen LogP contribution in [0.3, 0.4) is 0 Å². The summed E-state index contributed by atoms with van der Waals surface area (Å²) < 4.78 is 5.26. The molecule has 2 unspecified atom stereocenters. The van der Waals surface area contributed by atoms with Crippen LogP contribution in [-0.4, -0.2) is 24.1 Å². The maximum absolute atomic E-state index is 12.4. The molecule has 0 amide bonds. The van der Waals surface area contributed by atoms with E-state index in [-0.39, 0.29) is 17.5 Å². The molecule has 1 aliphatic carbocycles. The number of carbonyl (C=O) groups excluding carboxylic acids is 1. The van der Waals surface area contributed by atoms with Crippen LogP contribution >= 0.6 is 0 Å². The van der Waals surface area contributed by atoms with Crippen LogP contribution in [0.15, 0.2) is 24.3 Å². The first-order valence-corrected chi connectivity index (χ1v) is 7.06. The van der Waals surface area contributed by atoms with Crippen LogP contribution in [-0.2, 0) is 9.53 Å². The fourth-order valence-corrected chi connectivity index (χ4v) is 2.61. The second-order valence-corrected chi connectivity index (χ2v) is 5.81. The first-order chi connectivity index (χ1) is 9.43. The van der Waals surface area contributed by atoms with Crippen molar-refractivity contribution in [1.29, 1.82) is 0 Å². The Bertz CT molecular complexity index is 543. The molecule has 0 saturated carbocycles. The fraction of sp³-hybridized carbons (Fsp3) is 0.471. The number of benzene rings is 1. The van der Waals surface area contributed by atoms with Crippen LogP contribution in [0, 0.1) is 5.92 Å². The molecule has 0 radical (unpaired) electrons. The predicted molar refractivity (Wildman–Crippen MR) is 79.8 cm³/mol. The Labute approximate surface area is 120 Å². The SMILES string of the molecule is COC1CC(C)C=C(c2ccc(C(C)C)cc2O)C1=O. The van der Waals surface area contributed by atoms with Crippen LogP contribution in [0.5, 0.6) is 5.75 Å². The van der Waals surface area contributed by atoms with Gasteiger partial charge in [0.25, 0.3) is 0 Å². The number of allylic oxidation sites excluding steroid dienone is 1. The zero-order valence-corrected chi connectivity index (χ0v) is 12.5. The standard InChI is InChI=1S/C17H22O3/c1-10(2)12-5-6-13(15(18)9-12)14-7-11(3)8-16(20-4)17(14)19/h5-7,9-11,16,18H,8H2,1-4H3. The number of ketones is 1. The van der Waals surface area contributed by atoms with Crippen LogP contribution in [0.25, 0.3) is 5.57 Å². The second kappa shape index (κ2) is 5.80. The number of rotatable bonds is 3. The van der Waals surface area contributed by atoms with Gasteiger partial charge in [-0.2, -0.15) is 0 Å². The van der Waals surface area contributed by atoms with Gasteiger partial charge in [0, 0.05) is 18.2 Å². The number of Topliss-reactive ketones (excluding diaryl/α,β-unsaturated/α-hetero) is 1. The Morgan fingerprint density at radius 1 is 1.35 bits per heavy atom. The van der Waals surface area contributed by atoms with Gasteiger partial charge in [0.2, 0.25) is 0 Å². The molecule has 1 aromatic carbocycles. The summed E-state index contributed by atoms with van der Waals surface area (Å²) in [4.78, 5) is 12.4. The lowest BCUT2D eigenvalue weighted by atomic mass is 9.84. The van der Waals surface area contributed by atoms with Crippen molar-refractivity contribution in [2.45, 2.75) is 39.2 Å². The van der Waals surface area contributed by atoms with E-state index in [1.54, 1.807) is 13.2 Å². The topological polar surface area (TPSA) is 46.5 Å². The minimum Gasteiger partial charge on any atom is -0.507 e. The highest BCUT2D eigenvalue weighted by molar-refractivity contribution is 6.24. The van der Waals surface area contributed by atoms with Crippen molar-refractivity contribution in [2.24, 2.45) is 5.92 Å². The van der Waals surface area contributed by atoms with E-state index >= 15 is 0 Å². The van der Waals surface area contributed by atoms with Crippen molar-refractivity contribution < 1.29 is 14.6 Å². The molecule has 0 bridgehead atoms. The van der Waals surface area contributed by atoms with Crippen molar-refractivity contribution >= 4 is 11.4 Å². The maximum Gasteiger partial charge on any atom is 0.191 e. The highest BCUT2D eigenvalue weighted by atomic mass is 16.5. The van der Waals surface area contributed by atoms with Crippen molar-refractivity contribution in [2.75, 3.05) is 7.11 Å². The van der Waals surface area contributed by atoms with Crippen LogP contribution in [0.4, 0.5) is 0 Å². The number of hydrogen-bond donors (Lipinski definition) is 1. The molecule has 1 aromatic rings. The molecule has 3 nitrogen and oxygen atoms in total. The second-order valence-electron chi connectivity index (χ2n) is 5.81. The van der Waals surface area contributed by atoms with E-state index in [2.05, 4.69) is 20.8 Å². The molecule has 0 spiro atoms. The number of carbonyl (C=O) groups is 1. The zero-order chi connectivity index (χ0) is 14.9. The van der Waals surface area contributed by atoms with Gasteiger partial charge < -0.3 is 9.84 Å². The molecule has 108 valence electrons. The summed E-state index contributed by atoms with van der Waals surface area (Å²) in [5.41, 5.74) is 2.24. The van der Waals surface area contributed by atoms with Gasteiger partial charge >= 0.3 is 0 Å². The van der Waals surface area contributed by atoms with E-state index in [0.717, 1.165) is 5.56 Å². The smallest absolute Gasteiger partial charge is 0.191 e. The average molecular weight is 274 g/mol. The average Bonchev–Trinajstić information content (AvgIpc) is 2.41. The molecule has 1 aliphatic rings. The van der Waals surface area contributed by atoms with Gasteiger partial charge in [-0.15, -0.1) is 0 Å². The van der Waals surface area contributed by atoms with Gasteiger partial charge in [0.1, 0.15) is 11.9 Å². The van der Waals surface area contributed by atoms with Gasteiger partial charge in [-0.3, -0.25) is 4.79 Å². The Morgan fingerprint density at radius 3 is 2.60 bits per heavy atom. The lowest BCUT2D eigenvalue weighted by Crippen LogP contribution is -2.29. The largest absolute Gasteiger partial charge is 0.507 e. The molecule has 2 atom stereocenters. The summed E-state index contributed by atoms with van der Waals surface area (Å²) in [6, 6.07) is 5.54. The van der Waals surface area contributed by atoms with Crippen LogP contribution in [0.2, 0.25) is 0 Å². The van der Waals surface area contributed by atoms with Crippen molar-refractivity contribution in [3.63, 3.8) is 0 Å². The number of aromatic hydroxyl groups is 1. The first-order valence-electron chi connectivity index (χ1n) is 7.06. The van der Waals surface area contributed by atoms with Crippen LogP contribution in [0.1, 0.15) is 44.2 Å². The molecule has 0 fully saturated rings. The summed E-state index contributed by atoms with van der Waals surface area (Å²) in [5, 5.41) is 10.2. The van der Waals surface area contributed by atoms with E-state index in [9.17, 15) is 9.90 Å². The molecular formula is C17H22O3. The lowest BCUT2D eigenvalue weighted by Gasteiger charge is -2.25. The number of ether oxygens (including phenoxy) is 1. The third-order valence-electron chi connectivity index (χ3n) is 3.86. The molecule has 3 heteroatoms. The molecule has 2 rings (SSSR count). The number of phenolic OH excluding ortho intramolecular Hbond substituents is 1. The van der Waals surface area contributed by atoms with E-state index < -0.39 is 6.10 Å². The van der Waals surface area contributed by atoms with E-state index in [1.165, 1.54) is 0 Å². The molecule has 0 aliphatic heterocycles. The normalized spacial score (nSPS) is 23.1.